The molecule has 0 spiro atoms. The second kappa shape index (κ2) is 6.84. The Morgan fingerprint density at radius 3 is 1.72 bits per heavy atom. The lowest BCUT2D eigenvalue weighted by atomic mass is 10.1. The van der Waals surface area contributed by atoms with Gasteiger partial charge in [0, 0.05) is 0 Å². The summed E-state index contributed by atoms with van der Waals surface area (Å²) in [6.07, 6.45) is 3.07. The standard InChI is InChI=1S/C19H14N2O4/c22-17-15(10-12-4-2-1-3-5-12)20-18(23)16(21-17)11-13-6-8-14(9-7-13)19(24)25/h1-11H,(H,20,23)(H,21,22)(H,24,25)/b15-10-,16-11-. The van der Waals surface area contributed by atoms with Gasteiger partial charge in [0.25, 0.3) is 11.1 Å². The van der Waals surface area contributed by atoms with Crippen LogP contribution < -0.4 is 21.8 Å². The normalized spacial score (nSPS) is 12.3. The molecule has 0 aliphatic heterocycles. The van der Waals surface area contributed by atoms with Gasteiger partial charge in [-0.2, -0.15) is 0 Å². The summed E-state index contributed by atoms with van der Waals surface area (Å²) in [5, 5.41) is 9.14. The molecule has 25 heavy (non-hydrogen) atoms. The molecule has 3 aromatic rings. The van der Waals surface area contributed by atoms with Crippen molar-refractivity contribution in [2.24, 2.45) is 0 Å². The number of rotatable bonds is 3. The van der Waals surface area contributed by atoms with E-state index in [4.69, 9.17) is 5.11 Å². The highest BCUT2D eigenvalue weighted by Crippen LogP contribution is 2.04. The number of H-pyrrole nitrogens is 2. The maximum Gasteiger partial charge on any atom is 0.335 e. The third-order valence-electron chi connectivity index (χ3n) is 3.56. The highest BCUT2D eigenvalue weighted by atomic mass is 16.4. The summed E-state index contributed by atoms with van der Waals surface area (Å²) in [4.78, 5) is 40.3. The van der Waals surface area contributed by atoms with Crippen LogP contribution in [0.2, 0.25) is 0 Å². The molecule has 0 bridgehead atoms. The van der Waals surface area contributed by atoms with Gasteiger partial charge in [-0.25, -0.2) is 4.79 Å². The van der Waals surface area contributed by atoms with E-state index in [0.29, 0.717) is 5.56 Å². The van der Waals surface area contributed by atoms with Gasteiger partial charge in [0.2, 0.25) is 0 Å². The lowest BCUT2D eigenvalue weighted by Gasteiger charge is -1.96. The number of carboxylic acids is 1. The molecular weight excluding hydrogens is 320 g/mol. The Morgan fingerprint density at radius 1 is 0.760 bits per heavy atom. The van der Waals surface area contributed by atoms with Gasteiger partial charge >= 0.3 is 5.97 Å². The predicted molar refractivity (Wildman–Crippen MR) is 93.9 cm³/mol. The summed E-state index contributed by atoms with van der Waals surface area (Å²) in [6, 6.07) is 15.1. The number of nitrogens with one attached hydrogen (secondary N) is 2. The van der Waals surface area contributed by atoms with Crippen LogP contribution in [0, 0.1) is 0 Å². The summed E-state index contributed by atoms with van der Waals surface area (Å²) in [6.45, 7) is 0. The van der Waals surface area contributed by atoms with Gasteiger partial charge in [0.1, 0.15) is 10.7 Å². The van der Waals surface area contributed by atoms with Crippen LogP contribution in [0.3, 0.4) is 0 Å². The van der Waals surface area contributed by atoms with Gasteiger partial charge in [0.05, 0.1) is 5.56 Å². The Hall–Kier alpha value is -3.67. The van der Waals surface area contributed by atoms with E-state index in [0.717, 1.165) is 5.56 Å². The Bertz CT molecular complexity index is 1140. The van der Waals surface area contributed by atoms with Crippen LogP contribution in [0.25, 0.3) is 12.2 Å². The first kappa shape index (κ1) is 16.2. The molecule has 0 aliphatic carbocycles. The molecule has 2 aromatic carbocycles. The Morgan fingerprint density at radius 2 is 1.24 bits per heavy atom. The maximum absolute atomic E-state index is 12.2. The van der Waals surface area contributed by atoms with Crippen molar-refractivity contribution in [3.05, 3.63) is 103 Å². The molecule has 0 radical (unpaired) electrons. The van der Waals surface area contributed by atoms with Crippen LogP contribution in [0.1, 0.15) is 21.5 Å². The quantitative estimate of drug-likeness (QED) is 0.646. The van der Waals surface area contributed by atoms with Crippen LogP contribution >= 0.6 is 0 Å². The third-order valence-corrected chi connectivity index (χ3v) is 3.56. The molecule has 0 amide bonds. The Kier molecular flexibility index (Phi) is 4.43. The topological polar surface area (TPSA) is 103 Å². The lowest BCUT2D eigenvalue weighted by molar-refractivity contribution is 0.0697. The molecule has 6 heteroatoms. The number of hydrogen-bond donors (Lipinski definition) is 3. The zero-order valence-corrected chi connectivity index (χ0v) is 13.0. The van der Waals surface area contributed by atoms with Gasteiger partial charge in [-0.3, -0.25) is 9.59 Å². The zero-order valence-electron chi connectivity index (χ0n) is 13.0. The van der Waals surface area contributed by atoms with Crippen molar-refractivity contribution >= 4 is 18.1 Å². The van der Waals surface area contributed by atoms with Gasteiger partial charge in [0.15, 0.2) is 0 Å². The minimum Gasteiger partial charge on any atom is -0.478 e. The van der Waals surface area contributed by atoms with Gasteiger partial charge < -0.3 is 15.1 Å². The first-order valence-electron chi connectivity index (χ1n) is 7.47. The van der Waals surface area contributed by atoms with Crippen LogP contribution in [-0.2, 0) is 0 Å². The maximum atomic E-state index is 12.2. The molecule has 3 rings (SSSR count). The second-order valence-electron chi connectivity index (χ2n) is 5.36. The number of carboxylic acid groups (broad SMARTS) is 1. The molecule has 0 unspecified atom stereocenters. The number of aromatic carboxylic acids is 1. The van der Waals surface area contributed by atoms with E-state index < -0.39 is 17.1 Å². The van der Waals surface area contributed by atoms with Crippen molar-refractivity contribution in [1.29, 1.82) is 0 Å². The second-order valence-corrected chi connectivity index (χ2v) is 5.36. The van der Waals surface area contributed by atoms with Crippen molar-refractivity contribution in [2.45, 2.75) is 0 Å². The fourth-order valence-electron chi connectivity index (χ4n) is 2.30. The number of aromatic amines is 2. The van der Waals surface area contributed by atoms with Crippen LogP contribution in [0.15, 0.2) is 64.2 Å². The highest BCUT2D eigenvalue weighted by molar-refractivity contribution is 5.87. The van der Waals surface area contributed by atoms with Crippen molar-refractivity contribution in [1.82, 2.24) is 9.97 Å². The number of benzene rings is 2. The summed E-state index contributed by atoms with van der Waals surface area (Å²) < 4.78 is 0. The number of carbonyl (C=O) groups is 1. The molecule has 0 aliphatic rings. The van der Waals surface area contributed by atoms with E-state index in [1.165, 1.54) is 18.2 Å². The third kappa shape index (κ3) is 3.81. The molecule has 1 aromatic heterocycles. The van der Waals surface area contributed by atoms with Gasteiger partial charge in [-0.05, 0) is 35.4 Å². The van der Waals surface area contributed by atoms with Crippen LogP contribution in [0.5, 0.6) is 0 Å². The first-order chi connectivity index (χ1) is 12.0. The minimum absolute atomic E-state index is 0.0956. The predicted octanol–water partition coefficient (Wildman–Crippen LogP) is 0.419. The monoisotopic (exact) mass is 334 g/mol. The molecule has 1 heterocycles. The largest absolute Gasteiger partial charge is 0.478 e. The van der Waals surface area contributed by atoms with Crippen LogP contribution in [0.4, 0.5) is 0 Å². The van der Waals surface area contributed by atoms with E-state index in [9.17, 15) is 14.4 Å². The lowest BCUT2D eigenvalue weighted by Crippen LogP contribution is -2.46. The average Bonchev–Trinajstić information content (AvgIpc) is 2.60. The van der Waals surface area contributed by atoms with Gasteiger partial charge in [-0.15, -0.1) is 0 Å². The molecule has 0 saturated heterocycles. The molecule has 0 saturated carbocycles. The summed E-state index contributed by atoms with van der Waals surface area (Å²) in [7, 11) is 0. The average molecular weight is 334 g/mol. The molecule has 124 valence electrons. The number of hydrogen-bond acceptors (Lipinski definition) is 3. The van der Waals surface area contributed by atoms with E-state index in [1.807, 2.05) is 30.3 Å². The smallest absolute Gasteiger partial charge is 0.335 e. The van der Waals surface area contributed by atoms with E-state index in [-0.39, 0.29) is 16.3 Å². The minimum atomic E-state index is -1.03. The van der Waals surface area contributed by atoms with Crippen molar-refractivity contribution < 1.29 is 9.90 Å². The van der Waals surface area contributed by atoms with Crippen molar-refractivity contribution in [3.63, 3.8) is 0 Å². The van der Waals surface area contributed by atoms with E-state index in [2.05, 4.69) is 9.97 Å². The summed E-state index contributed by atoms with van der Waals surface area (Å²) in [5.74, 6) is -1.03. The first-order valence-corrected chi connectivity index (χ1v) is 7.47. The fraction of sp³-hybridized carbons (Fsp3) is 0. The molecule has 6 nitrogen and oxygen atoms in total. The van der Waals surface area contributed by atoms with Crippen molar-refractivity contribution in [2.75, 3.05) is 0 Å². The fourth-order valence-corrected chi connectivity index (χ4v) is 2.30. The molecule has 0 fully saturated rings. The molecular formula is C19H14N2O4. The molecule has 0 atom stereocenters. The van der Waals surface area contributed by atoms with E-state index >= 15 is 0 Å². The summed E-state index contributed by atoms with van der Waals surface area (Å²) in [5.41, 5.74) is 0.684. The molecule has 3 N–H and O–H groups in total. The van der Waals surface area contributed by atoms with Crippen molar-refractivity contribution in [3.8, 4) is 0 Å². The Labute approximate surface area is 141 Å². The highest BCUT2D eigenvalue weighted by Gasteiger charge is 2.01. The zero-order chi connectivity index (χ0) is 17.8. The van der Waals surface area contributed by atoms with Crippen LogP contribution in [-0.4, -0.2) is 21.0 Å². The summed E-state index contributed by atoms with van der Waals surface area (Å²) >= 11 is 0. The Balaban J connectivity index is 2.06. The SMILES string of the molecule is O=C(O)c1ccc(/C=c2\[nH]c(=O)/c(=C/c3ccccc3)[nH]c2=O)cc1. The number of aromatic nitrogens is 2. The van der Waals surface area contributed by atoms with E-state index in [1.54, 1.807) is 18.2 Å². The van der Waals surface area contributed by atoms with Gasteiger partial charge in [-0.1, -0.05) is 42.5 Å².